The zero-order valence-corrected chi connectivity index (χ0v) is 9.26. The lowest BCUT2D eigenvalue weighted by molar-refractivity contribution is 0.627. The normalized spacial score (nSPS) is 10.6. The lowest BCUT2D eigenvalue weighted by atomic mass is 10.1. The highest BCUT2D eigenvalue weighted by molar-refractivity contribution is 6.30. The van der Waals surface area contributed by atoms with Gasteiger partial charge in [0.25, 0.3) is 0 Å². The molecule has 0 atom stereocenters. The molecule has 0 aliphatic carbocycles. The summed E-state index contributed by atoms with van der Waals surface area (Å²) in [6.45, 7) is 0. The van der Waals surface area contributed by atoms with Crippen molar-refractivity contribution in [1.29, 1.82) is 0 Å². The third-order valence-corrected chi connectivity index (χ3v) is 2.64. The van der Waals surface area contributed by atoms with E-state index in [1.54, 1.807) is 12.1 Å². The molecule has 1 aromatic carbocycles. The van der Waals surface area contributed by atoms with Gasteiger partial charge in [0.2, 0.25) is 0 Å². The van der Waals surface area contributed by atoms with Gasteiger partial charge in [0.1, 0.15) is 5.82 Å². The molecule has 84 valence electrons. The van der Waals surface area contributed by atoms with Gasteiger partial charge >= 0.3 is 0 Å². The molecule has 1 aromatic heterocycles. The fourth-order valence-corrected chi connectivity index (χ4v) is 1.73. The number of nitrogen functional groups attached to an aromatic ring is 1. The summed E-state index contributed by atoms with van der Waals surface area (Å²) >= 11 is 5.85. The van der Waals surface area contributed by atoms with Crippen LogP contribution >= 0.6 is 11.6 Å². The van der Waals surface area contributed by atoms with Gasteiger partial charge in [0.05, 0.1) is 5.69 Å². The van der Waals surface area contributed by atoms with E-state index in [1.807, 2.05) is 0 Å². The number of H-pyrrole nitrogens is 1. The first-order valence-electron chi connectivity index (χ1n) is 4.89. The molecule has 5 heteroatoms. The van der Waals surface area contributed by atoms with Crippen LogP contribution in [0.4, 0.5) is 10.3 Å². The molecule has 0 aliphatic heterocycles. The van der Waals surface area contributed by atoms with Crippen LogP contribution in [0.2, 0.25) is 5.15 Å². The molecule has 2 rings (SSSR count). The van der Waals surface area contributed by atoms with E-state index in [0.717, 1.165) is 17.7 Å². The van der Waals surface area contributed by atoms with Crippen LogP contribution in [0.15, 0.2) is 24.3 Å². The minimum atomic E-state index is -0.229. The Morgan fingerprint density at radius 1 is 1.25 bits per heavy atom. The molecule has 0 bridgehead atoms. The fourth-order valence-electron chi connectivity index (χ4n) is 1.49. The third-order valence-electron chi connectivity index (χ3n) is 2.32. The fraction of sp³-hybridized carbons (Fsp3) is 0.182. The van der Waals surface area contributed by atoms with E-state index < -0.39 is 0 Å². The van der Waals surface area contributed by atoms with Crippen LogP contribution in [0.1, 0.15) is 11.3 Å². The van der Waals surface area contributed by atoms with Gasteiger partial charge in [-0.3, -0.25) is 0 Å². The zero-order valence-electron chi connectivity index (χ0n) is 8.50. The number of nitrogens with one attached hydrogen (secondary N) is 1. The predicted molar refractivity (Wildman–Crippen MR) is 61.8 cm³/mol. The number of nitrogens with two attached hydrogens (primary N) is 1. The van der Waals surface area contributed by atoms with Crippen molar-refractivity contribution in [2.45, 2.75) is 12.8 Å². The molecule has 1 heterocycles. The standard InChI is InChI=1S/C11H11ClFN3/c12-10-9(15-11(14)16-10)6-3-7-1-4-8(13)5-2-7/h1-2,4-5H,3,6H2,(H3,14,15,16). The highest BCUT2D eigenvalue weighted by atomic mass is 35.5. The molecular formula is C11H11ClFN3. The number of halogens is 2. The summed E-state index contributed by atoms with van der Waals surface area (Å²) in [5, 5.41) is 0.402. The van der Waals surface area contributed by atoms with Gasteiger partial charge in [0.15, 0.2) is 11.1 Å². The summed E-state index contributed by atoms with van der Waals surface area (Å²) in [5.74, 6) is 0.0895. The number of hydrogen-bond donors (Lipinski definition) is 2. The van der Waals surface area contributed by atoms with E-state index in [1.165, 1.54) is 12.1 Å². The number of aromatic amines is 1. The topological polar surface area (TPSA) is 54.7 Å². The maximum absolute atomic E-state index is 12.7. The zero-order chi connectivity index (χ0) is 11.5. The van der Waals surface area contributed by atoms with Gasteiger partial charge in [-0.05, 0) is 30.5 Å². The molecule has 3 N–H and O–H groups in total. The maximum Gasteiger partial charge on any atom is 0.199 e. The minimum Gasteiger partial charge on any atom is -0.369 e. The molecule has 2 aromatic rings. The van der Waals surface area contributed by atoms with Crippen LogP contribution in [0, 0.1) is 5.82 Å². The highest BCUT2D eigenvalue weighted by Crippen LogP contribution is 2.16. The van der Waals surface area contributed by atoms with Crippen LogP contribution in [-0.2, 0) is 12.8 Å². The number of benzene rings is 1. The Balaban J connectivity index is 2.02. The molecule has 0 unspecified atom stereocenters. The number of nitrogens with zero attached hydrogens (tertiary/aromatic N) is 1. The quantitative estimate of drug-likeness (QED) is 0.865. The number of aryl methyl sites for hydroxylation is 2. The summed E-state index contributed by atoms with van der Waals surface area (Å²) in [7, 11) is 0. The summed E-state index contributed by atoms with van der Waals surface area (Å²) in [5.41, 5.74) is 7.32. The summed E-state index contributed by atoms with van der Waals surface area (Å²) < 4.78 is 12.7. The monoisotopic (exact) mass is 239 g/mol. The summed E-state index contributed by atoms with van der Waals surface area (Å²) in [4.78, 5) is 6.75. The summed E-state index contributed by atoms with van der Waals surface area (Å²) in [6, 6.07) is 6.39. The Morgan fingerprint density at radius 2 is 1.94 bits per heavy atom. The van der Waals surface area contributed by atoms with Crippen molar-refractivity contribution in [3.63, 3.8) is 0 Å². The first-order valence-corrected chi connectivity index (χ1v) is 5.27. The van der Waals surface area contributed by atoms with Crippen LogP contribution in [0.3, 0.4) is 0 Å². The van der Waals surface area contributed by atoms with Gasteiger partial charge in [-0.25, -0.2) is 9.37 Å². The van der Waals surface area contributed by atoms with Crippen LogP contribution in [-0.4, -0.2) is 9.97 Å². The van der Waals surface area contributed by atoms with Gasteiger partial charge in [-0.1, -0.05) is 23.7 Å². The molecule has 0 fully saturated rings. The lowest BCUT2D eigenvalue weighted by Gasteiger charge is -2.00. The molecule has 0 aliphatic rings. The average molecular weight is 240 g/mol. The largest absolute Gasteiger partial charge is 0.369 e. The van der Waals surface area contributed by atoms with Crippen LogP contribution in [0.5, 0.6) is 0 Å². The van der Waals surface area contributed by atoms with Gasteiger partial charge in [-0.15, -0.1) is 0 Å². The molecule has 16 heavy (non-hydrogen) atoms. The molecule has 0 radical (unpaired) electrons. The van der Waals surface area contributed by atoms with Crippen LogP contribution < -0.4 is 5.73 Å². The number of rotatable bonds is 3. The van der Waals surface area contributed by atoms with E-state index >= 15 is 0 Å². The van der Waals surface area contributed by atoms with E-state index in [9.17, 15) is 4.39 Å². The second-order valence-corrected chi connectivity index (χ2v) is 3.88. The van der Waals surface area contributed by atoms with Crippen LogP contribution in [0.25, 0.3) is 0 Å². The van der Waals surface area contributed by atoms with Crippen molar-refractivity contribution >= 4 is 17.5 Å². The second-order valence-electron chi connectivity index (χ2n) is 3.52. The van der Waals surface area contributed by atoms with Crippen molar-refractivity contribution in [3.8, 4) is 0 Å². The number of hydrogen-bond acceptors (Lipinski definition) is 2. The first-order chi connectivity index (χ1) is 7.65. The van der Waals surface area contributed by atoms with E-state index in [0.29, 0.717) is 17.5 Å². The smallest absolute Gasteiger partial charge is 0.199 e. The third kappa shape index (κ3) is 2.52. The Hall–Kier alpha value is -1.55. The molecule has 3 nitrogen and oxygen atoms in total. The van der Waals surface area contributed by atoms with E-state index in [2.05, 4.69) is 9.97 Å². The summed E-state index contributed by atoms with van der Waals surface area (Å²) in [6.07, 6.45) is 1.47. The minimum absolute atomic E-state index is 0.229. The van der Waals surface area contributed by atoms with Crippen molar-refractivity contribution in [1.82, 2.24) is 9.97 Å². The maximum atomic E-state index is 12.7. The molecule has 0 saturated carbocycles. The van der Waals surface area contributed by atoms with Crippen molar-refractivity contribution in [2.24, 2.45) is 0 Å². The predicted octanol–water partition coefficient (Wildman–Crippen LogP) is 2.57. The number of aromatic nitrogens is 2. The van der Waals surface area contributed by atoms with Gasteiger partial charge in [-0.2, -0.15) is 0 Å². The number of anilines is 1. The Bertz CT molecular complexity index is 478. The Morgan fingerprint density at radius 3 is 2.50 bits per heavy atom. The van der Waals surface area contributed by atoms with E-state index in [4.69, 9.17) is 17.3 Å². The average Bonchev–Trinajstić information content (AvgIpc) is 2.57. The second kappa shape index (κ2) is 4.53. The van der Waals surface area contributed by atoms with Gasteiger partial charge < -0.3 is 10.7 Å². The SMILES string of the molecule is Nc1nc(Cl)c(CCc2ccc(F)cc2)[nH]1. The Labute approximate surface area is 97.5 Å². The molecular weight excluding hydrogens is 229 g/mol. The van der Waals surface area contributed by atoms with Crippen molar-refractivity contribution in [2.75, 3.05) is 5.73 Å². The van der Waals surface area contributed by atoms with E-state index in [-0.39, 0.29) is 5.82 Å². The van der Waals surface area contributed by atoms with Crippen molar-refractivity contribution < 1.29 is 4.39 Å². The lowest BCUT2D eigenvalue weighted by Crippen LogP contribution is -1.93. The molecule has 0 amide bonds. The first kappa shape index (κ1) is 11.0. The van der Waals surface area contributed by atoms with Gasteiger partial charge in [0, 0.05) is 0 Å². The Kier molecular flexibility index (Phi) is 3.10. The molecule has 0 saturated heterocycles. The number of imidazole rings is 1. The highest BCUT2D eigenvalue weighted by Gasteiger charge is 2.06. The van der Waals surface area contributed by atoms with Crippen molar-refractivity contribution in [3.05, 3.63) is 46.5 Å². The molecule has 0 spiro atoms.